The Hall–Kier alpha value is -2.53. The third-order valence-corrected chi connectivity index (χ3v) is 10.5. The summed E-state index contributed by atoms with van der Waals surface area (Å²) in [6, 6.07) is 19.4. The number of benzene rings is 2. The molecule has 3 aliphatic rings. The first-order chi connectivity index (χ1) is 17.9. The smallest absolute Gasteiger partial charge is 0.325 e. The number of amides is 2. The molecular formula is C32H45N3O2. The molecule has 1 aliphatic heterocycles. The van der Waals surface area contributed by atoms with Gasteiger partial charge in [0.15, 0.2) is 0 Å². The highest BCUT2D eigenvalue weighted by molar-refractivity contribution is 5.98. The van der Waals surface area contributed by atoms with Crippen molar-refractivity contribution in [1.29, 1.82) is 0 Å². The largest absolute Gasteiger partial charge is 0.497 e. The van der Waals surface area contributed by atoms with Crippen LogP contribution in [0.2, 0.25) is 0 Å². The van der Waals surface area contributed by atoms with Gasteiger partial charge in [-0.1, -0.05) is 50.6 Å². The predicted molar refractivity (Wildman–Crippen MR) is 151 cm³/mol. The number of carbonyl (C=O) groups excluding carboxylic acids is 1. The summed E-state index contributed by atoms with van der Waals surface area (Å²) in [5.74, 6) is 1.46. The number of ether oxygens (including phenoxy) is 1. The van der Waals surface area contributed by atoms with E-state index in [9.17, 15) is 4.79 Å². The van der Waals surface area contributed by atoms with Crippen molar-refractivity contribution < 1.29 is 9.53 Å². The molecular weight excluding hydrogens is 458 g/mol. The number of carbonyl (C=O) groups is 1. The first kappa shape index (κ1) is 26.1. The predicted octanol–water partition coefficient (Wildman–Crippen LogP) is 7.07. The molecule has 200 valence electrons. The van der Waals surface area contributed by atoms with Crippen molar-refractivity contribution in [2.75, 3.05) is 32.6 Å². The zero-order chi connectivity index (χ0) is 26.3. The summed E-state index contributed by atoms with van der Waals surface area (Å²) in [5, 5.41) is 0. The Morgan fingerprint density at radius 1 is 0.919 bits per heavy atom. The maximum atomic E-state index is 14.5. The summed E-state index contributed by atoms with van der Waals surface area (Å²) in [6.45, 7) is 5.49. The van der Waals surface area contributed by atoms with Crippen LogP contribution < -0.4 is 9.64 Å². The Morgan fingerprint density at radius 2 is 1.54 bits per heavy atom. The molecule has 0 aromatic heterocycles. The van der Waals surface area contributed by atoms with Gasteiger partial charge in [0.2, 0.25) is 0 Å². The van der Waals surface area contributed by atoms with E-state index >= 15 is 0 Å². The van der Waals surface area contributed by atoms with Crippen molar-refractivity contribution in [3.8, 4) is 5.75 Å². The Labute approximate surface area is 223 Å². The topological polar surface area (TPSA) is 36.0 Å². The molecule has 5 nitrogen and oxygen atoms in total. The molecule has 0 bridgehead atoms. The normalized spacial score (nSPS) is 27.7. The molecule has 0 radical (unpaired) electrons. The van der Waals surface area contributed by atoms with Crippen molar-refractivity contribution in [2.24, 2.45) is 5.92 Å². The lowest BCUT2D eigenvalue weighted by molar-refractivity contribution is -0.0215. The Morgan fingerprint density at radius 3 is 2.03 bits per heavy atom. The van der Waals surface area contributed by atoms with Crippen LogP contribution in [0.5, 0.6) is 5.75 Å². The lowest BCUT2D eigenvalue weighted by Crippen LogP contribution is -2.65. The summed E-state index contributed by atoms with van der Waals surface area (Å²) in [4.78, 5) is 21.5. The zero-order valence-corrected chi connectivity index (χ0v) is 23.5. The maximum Gasteiger partial charge on any atom is 0.325 e. The first-order valence-electron chi connectivity index (χ1n) is 14.4. The monoisotopic (exact) mass is 503 g/mol. The summed E-state index contributed by atoms with van der Waals surface area (Å²) < 4.78 is 5.44. The average Bonchev–Trinajstić information content (AvgIpc) is 3.10. The van der Waals surface area contributed by atoms with Crippen molar-refractivity contribution >= 4 is 11.7 Å². The van der Waals surface area contributed by atoms with E-state index in [1.165, 1.54) is 24.8 Å². The minimum absolute atomic E-state index is 0.00153. The van der Waals surface area contributed by atoms with Gasteiger partial charge in [-0.15, -0.1) is 0 Å². The van der Waals surface area contributed by atoms with Gasteiger partial charge in [0.1, 0.15) is 5.75 Å². The highest BCUT2D eigenvalue weighted by Gasteiger charge is 2.67. The van der Waals surface area contributed by atoms with E-state index in [1.807, 2.05) is 12.1 Å². The highest BCUT2D eigenvalue weighted by Crippen LogP contribution is 2.58. The van der Waals surface area contributed by atoms with E-state index in [0.717, 1.165) is 56.5 Å². The standard InChI is InChI=1S/C32H45N3O2/c1-6-31(7-2)32(22-20-30(21-23-32,33(3)4)26-14-9-8-10-15-26)34(24-25-12-11-13-25)29(36)35(31)27-16-18-28(37-5)19-17-27/h8-10,14-19,25H,6-7,11-13,20-24H2,1-5H3. The number of rotatable bonds is 8. The minimum Gasteiger partial charge on any atom is -0.497 e. The van der Waals surface area contributed by atoms with Gasteiger partial charge in [0.25, 0.3) is 0 Å². The van der Waals surface area contributed by atoms with E-state index in [0.29, 0.717) is 5.92 Å². The quantitative estimate of drug-likeness (QED) is 0.387. The molecule has 37 heavy (non-hydrogen) atoms. The molecule has 2 amide bonds. The number of methoxy groups -OCH3 is 1. The third-order valence-electron chi connectivity index (χ3n) is 10.5. The molecule has 0 atom stereocenters. The Kier molecular flexibility index (Phi) is 7.04. The second-order valence-corrected chi connectivity index (χ2v) is 11.8. The number of hydrogen-bond acceptors (Lipinski definition) is 3. The summed E-state index contributed by atoms with van der Waals surface area (Å²) in [6.07, 6.45) is 9.84. The molecule has 1 saturated heterocycles. The highest BCUT2D eigenvalue weighted by atomic mass is 16.5. The molecule has 2 aliphatic carbocycles. The van der Waals surface area contributed by atoms with Gasteiger partial charge >= 0.3 is 6.03 Å². The summed E-state index contributed by atoms with van der Waals surface area (Å²) in [5.41, 5.74) is 1.99. The molecule has 0 unspecified atom stereocenters. The van der Waals surface area contributed by atoms with Crippen molar-refractivity contribution in [3.63, 3.8) is 0 Å². The molecule has 1 spiro atoms. The van der Waals surface area contributed by atoms with Gasteiger partial charge in [-0.2, -0.15) is 0 Å². The van der Waals surface area contributed by atoms with Crippen LogP contribution in [0.1, 0.15) is 77.2 Å². The molecule has 5 heteroatoms. The van der Waals surface area contributed by atoms with Gasteiger partial charge in [-0.05, 0) is 101 Å². The summed E-state index contributed by atoms with van der Waals surface area (Å²) in [7, 11) is 6.15. The van der Waals surface area contributed by atoms with Crippen LogP contribution in [-0.4, -0.2) is 54.7 Å². The first-order valence-corrected chi connectivity index (χ1v) is 14.4. The fourth-order valence-corrected chi connectivity index (χ4v) is 8.00. The van der Waals surface area contributed by atoms with E-state index < -0.39 is 0 Å². The fraction of sp³-hybridized carbons (Fsp3) is 0.594. The van der Waals surface area contributed by atoms with Crippen LogP contribution in [0.3, 0.4) is 0 Å². The van der Waals surface area contributed by atoms with Crippen LogP contribution in [0.25, 0.3) is 0 Å². The zero-order valence-electron chi connectivity index (χ0n) is 23.5. The third kappa shape index (κ3) is 3.88. The van der Waals surface area contributed by atoms with Gasteiger partial charge in [0, 0.05) is 17.8 Å². The van der Waals surface area contributed by atoms with Crippen molar-refractivity contribution in [3.05, 3.63) is 60.2 Å². The number of hydrogen-bond donors (Lipinski definition) is 0. The molecule has 0 N–H and O–H groups in total. The van der Waals surface area contributed by atoms with Crippen molar-refractivity contribution in [1.82, 2.24) is 9.80 Å². The van der Waals surface area contributed by atoms with Crippen molar-refractivity contribution in [2.45, 2.75) is 88.3 Å². The number of anilines is 1. The minimum atomic E-state index is -0.239. The van der Waals surface area contributed by atoms with Gasteiger partial charge in [-0.25, -0.2) is 4.79 Å². The summed E-state index contributed by atoms with van der Waals surface area (Å²) >= 11 is 0. The molecule has 1 heterocycles. The Bertz CT molecular complexity index is 1060. The number of nitrogens with zero attached hydrogens (tertiary/aromatic N) is 3. The molecule has 2 aromatic rings. The van der Waals surface area contributed by atoms with Gasteiger partial charge in [-0.3, -0.25) is 9.80 Å². The fourth-order valence-electron chi connectivity index (χ4n) is 8.00. The maximum absolute atomic E-state index is 14.5. The Balaban J connectivity index is 1.59. The number of urea groups is 1. The van der Waals surface area contributed by atoms with E-state index in [1.54, 1.807) is 7.11 Å². The van der Waals surface area contributed by atoms with Crippen LogP contribution >= 0.6 is 0 Å². The molecule has 5 rings (SSSR count). The lowest BCUT2D eigenvalue weighted by Gasteiger charge is -2.57. The van der Waals surface area contributed by atoms with Crippen LogP contribution in [0.4, 0.5) is 10.5 Å². The molecule has 2 aromatic carbocycles. The van der Waals surface area contributed by atoms with Gasteiger partial charge in [0.05, 0.1) is 18.2 Å². The van der Waals surface area contributed by atoms with Crippen LogP contribution in [0.15, 0.2) is 54.6 Å². The average molecular weight is 504 g/mol. The molecule has 3 fully saturated rings. The SMILES string of the molecule is CCC1(CC)N(c2ccc(OC)cc2)C(=O)N(CC2CCC2)C12CCC(c1ccccc1)(N(C)C)CC2. The van der Waals surface area contributed by atoms with Gasteiger partial charge < -0.3 is 9.64 Å². The van der Waals surface area contributed by atoms with Crippen LogP contribution in [0, 0.1) is 5.92 Å². The second kappa shape index (κ2) is 9.98. The second-order valence-electron chi connectivity index (χ2n) is 11.8. The van der Waals surface area contributed by atoms with E-state index in [4.69, 9.17) is 4.74 Å². The van der Waals surface area contributed by atoms with E-state index in [-0.39, 0.29) is 22.6 Å². The van der Waals surface area contributed by atoms with Crippen LogP contribution in [-0.2, 0) is 5.54 Å². The lowest BCUT2D eigenvalue weighted by atomic mass is 9.59. The van der Waals surface area contributed by atoms with E-state index in [2.05, 4.69) is 85.1 Å². The molecule has 2 saturated carbocycles.